The largest absolute Gasteiger partial charge is 0.296 e. The number of rotatable bonds is 5. The van der Waals surface area contributed by atoms with Gasteiger partial charge in [0.15, 0.2) is 0 Å². The second kappa shape index (κ2) is 6.40. The molecule has 0 atom stereocenters. The molecule has 0 bridgehead atoms. The van der Waals surface area contributed by atoms with Gasteiger partial charge in [-0.25, -0.2) is 0 Å². The van der Waals surface area contributed by atoms with Crippen LogP contribution in [0.3, 0.4) is 0 Å². The highest BCUT2D eigenvalue weighted by atomic mass is 28.1. The molecule has 0 aromatic carbocycles. The third-order valence-electron chi connectivity index (χ3n) is 1.41. The van der Waals surface area contributed by atoms with Crippen molar-refractivity contribution in [3.63, 3.8) is 0 Å². The molecule has 0 saturated carbocycles. The van der Waals surface area contributed by atoms with Crippen LogP contribution in [-0.2, 0) is 0 Å². The summed E-state index contributed by atoms with van der Waals surface area (Å²) in [5.74, 6) is 0. The molecule has 0 rings (SSSR count). The lowest BCUT2D eigenvalue weighted by molar-refractivity contribution is 0.420. The molecule has 0 spiro atoms. The first-order valence-electron chi connectivity index (χ1n) is 4.71. The van der Waals surface area contributed by atoms with E-state index in [-0.39, 0.29) is 0 Å². The first-order chi connectivity index (χ1) is 5.56. The molecule has 0 radical (unpaired) electrons. The maximum absolute atomic E-state index is 3.44. The minimum absolute atomic E-state index is 0.336. The Kier molecular flexibility index (Phi) is 6.33. The molecule has 0 amide bonds. The van der Waals surface area contributed by atoms with E-state index >= 15 is 0 Å². The van der Waals surface area contributed by atoms with E-state index in [1.54, 1.807) is 0 Å². The summed E-state index contributed by atoms with van der Waals surface area (Å²) in [4.78, 5) is 0. The Labute approximate surface area is 79.2 Å². The first-order valence-corrected chi connectivity index (χ1v) is 5.86. The Morgan fingerprint density at radius 3 is 1.67 bits per heavy atom. The average molecular weight is 186 g/mol. The van der Waals surface area contributed by atoms with Crippen molar-refractivity contribution >= 4 is 10.2 Å². The van der Waals surface area contributed by atoms with Crippen molar-refractivity contribution < 1.29 is 0 Å². The summed E-state index contributed by atoms with van der Waals surface area (Å²) in [5.41, 5.74) is 2.20. The summed E-state index contributed by atoms with van der Waals surface area (Å²) in [5, 5.41) is 6.87. The molecular formula is C9H22N2Si. The highest BCUT2D eigenvalue weighted by molar-refractivity contribution is 6.17. The van der Waals surface area contributed by atoms with Crippen LogP contribution in [0.5, 0.6) is 0 Å². The summed E-state index contributed by atoms with van der Waals surface area (Å²) >= 11 is 0. The van der Waals surface area contributed by atoms with Crippen molar-refractivity contribution in [1.82, 2.24) is 10.6 Å². The summed E-state index contributed by atoms with van der Waals surface area (Å²) in [6.45, 7) is 8.65. The van der Waals surface area contributed by atoms with Crippen molar-refractivity contribution in [3.05, 3.63) is 11.8 Å². The van der Waals surface area contributed by atoms with Crippen LogP contribution in [-0.4, -0.2) is 28.5 Å². The minimum Gasteiger partial charge on any atom is -0.296 e. The summed E-state index contributed by atoms with van der Waals surface area (Å²) in [6, 6.07) is 1.05. The molecule has 0 aromatic heterocycles. The topological polar surface area (TPSA) is 24.1 Å². The average Bonchev–Trinajstić information content (AvgIpc) is 1.84. The zero-order chi connectivity index (χ0) is 9.56. The second-order valence-corrected chi connectivity index (χ2v) is 4.31. The van der Waals surface area contributed by atoms with E-state index in [4.69, 9.17) is 0 Å². The van der Waals surface area contributed by atoms with Crippen LogP contribution in [0.4, 0.5) is 0 Å². The van der Waals surface area contributed by atoms with Gasteiger partial charge in [0, 0.05) is 22.3 Å². The monoisotopic (exact) mass is 186 g/mol. The van der Waals surface area contributed by atoms with Gasteiger partial charge in [-0.2, -0.15) is 0 Å². The van der Waals surface area contributed by atoms with E-state index in [2.05, 4.69) is 50.1 Å². The third kappa shape index (κ3) is 6.58. The predicted molar refractivity (Wildman–Crippen MR) is 59.4 cm³/mol. The molecule has 0 heterocycles. The Morgan fingerprint density at radius 1 is 1.00 bits per heavy atom. The van der Waals surface area contributed by atoms with Gasteiger partial charge in [-0.05, 0) is 27.7 Å². The van der Waals surface area contributed by atoms with Gasteiger partial charge < -0.3 is 0 Å². The molecule has 0 aromatic rings. The fraction of sp³-hybridized carbons (Fsp3) is 0.778. The molecule has 0 saturated heterocycles. The molecule has 3 heteroatoms. The first kappa shape index (κ1) is 11.9. The van der Waals surface area contributed by atoms with Crippen molar-refractivity contribution in [2.24, 2.45) is 0 Å². The molecule has 0 aliphatic rings. The van der Waals surface area contributed by atoms with Gasteiger partial charge in [-0.1, -0.05) is 6.08 Å². The van der Waals surface area contributed by atoms with Gasteiger partial charge in [0.2, 0.25) is 0 Å². The van der Waals surface area contributed by atoms with Crippen LogP contribution < -0.4 is 10.6 Å². The molecule has 12 heavy (non-hydrogen) atoms. The molecule has 2 N–H and O–H groups in total. The van der Waals surface area contributed by atoms with Gasteiger partial charge in [-0.15, -0.1) is 5.70 Å². The standard InChI is InChI=1S/C9H22N2Si/c1-7(2)10-9(5-6-12)11-8(3)4/h5-11H,1-4,12H3. The second-order valence-electron chi connectivity index (χ2n) is 3.65. The summed E-state index contributed by atoms with van der Waals surface area (Å²) in [6.07, 6.45) is 2.54. The Hall–Kier alpha value is -0.123. The molecule has 0 fully saturated rings. The highest BCUT2D eigenvalue weighted by Gasteiger charge is 2.05. The van der Waals surface area contributed by atoms with Gasteiger partial charge in [0.1, 0.15) is 0 Å². The van der Waals surface area contributed by atoms with Crippen LogP contribution in [0.2, 0.25) is 0 Å². The Morgan fingerprint density at radius 2 is 1.42 bits per heavy atom. The van der Waals surface area contributed by atoms with Crippen LogP contribution >= 0.6 is 0 Å². The smallest absolute Gasteiger partial charge is 0.0764 e. The predicted octanol–water partition coefficient (Wildman–Crippen LogP) is 0.188. The van der Waals surface area contributed by atoms with Gasteiger partial charge in [0.05, 0.1) is 6.17 Å². The fourth-order valence-corrected chi connectivity index (χ4v) is 1.45. The van der Waals surface area contributed by atoms with E-state index in [0.29, 0.717) is 18.2 Å². The van der Waals surface area contributed by atoms with Crippen molar-refractivity contribution in [2.75, 3.05) is 0 Å². The van der Waals surface area contributed by atoms with Crippen LogP contribution in [0, 0.1) is 0 Å². The highest BCUT2D eigenvalue weighted by Crippen LogP contribution is 1.88. The lowest BCUT2D eigenvalue weighted by Crippen LogP contribution is -2.46. The fourth-order valence-electron chi connectivity index (χ4n) is 1.07. The van der Waals surface area contributed by atoms with E-state index in [1.165, 1.54) is 0 Å². The van der Waals surface area contributed by atoms with E-state index in [9.17, 15) is 0 Å². The van der Waals surface area contributed by atoms with Gasteiger partial charge in [0.25, 0.3) is 0 Å². The zero-order valence-corrected chi connectivity index (χ0v) is 10.9. The van der Waals surface area contributed by atoms with Gasteiger partial charge in [-0.3, -0.25) is 10.6 Å². The Bertz CT molecular complexity index is 122. The molecule has 0 aliphatic carbocycles. The van der Waals surface area contributed by atoms with Crippen LogP contribution in [0.15, 0.2) is 11.8 Å². The zero-order valence-electron chi connectivity index (χ0n) is 8.89. The normalized spacial score (nSPS) is 12.9. The lowest BCUT2D eigenvalue weighted by Gasteiger charge is -2.21. The molecule has 0 unspecified atom stereocenters. The number of nitrogens with one attached hydrogen (secondary N) is 2. The molecular weight excluding hydrogens is 164 g/mol. The van der Waals surface area contributed by atoms with Crippen molar-refractivity contribution in [3.8, 4) is 0 Å². The van der Waals surface area contributed by atoms with Crippen molar-refractivity contribution in [1.29, 1.82) is 0 Å². The van der Waals surface area contributed by atoms with Crippen molar-refractivity contribution in [2.45, 2.75) is 45.9 Å². The van der Waals surface area contributed by atoms with E-state index in [0.717, 1.165) is 10.2 Å². The minimum atomic E-state index is 0.336. The molecule has 2 nitrogen and oxygen atoms in total. The summed E-state index contributed by atoms with van der Waals surface area (Å²) < 4.78 is 0. The third-order valence-corrected chi connectivity index (χ3v) is 1.80. The number of hydrogen-bond donors (Lipinski definition) is 2. The van der Waals surface area contributed by atoms with Crippen LogP contribution in [0.25, 0.3) is 0 Å². The molecule has 0 aliphatic heterocycles. The lowest BCUT2D eigenvalue weighted by atomic mass is 10.3. The maximum Gasteiger partial charge on any atom is 0.0764 e. The Balaban J connectivity index is 3.86. The van der Waals surface area contributed by atoms with Crippen LogP contribution in [0.1, 0.15) is 27.7 Å². The SMILES string of the molecule is CC(C)NC(C=C[SiH3])NC(C)C. The molecule has 72 valence electrons. The van der Waals surface area contributed by atoms with E-state index < -0.39 is 0 Å². The maximum atomic E-state index is 3.44. The summed E-state index contributed by atoms with van der Waals surface area (Å²) in [7, 11) is 1.13. The van der Waals surface area contributed by atoms with E-state index in [1.807, 2.05) is 0 Å². The quantitative estimate of drug-likeness (QED) is 0.473. The van der Waals surface area contributed by atoms with Gasteiger partial charge >= 0.3 is 0 Å². The number of hydrogen-bond acceptors (Lipinski definition) is 2.